The predicted molar refractivity (Wildman–Crippen MR) is 107 cm³/mol. The van der Waals surface area contributed by atoms with Crippen LogP contribution >= 0.6 is 0 Å². The van der Waals surface area contributed by atoms with Gasteiger partial charge in [0, 0.05) is 30.9 Å². The molecule has 2 aromatic carbocycles. The molecular formula is C22H28N2O3. The molecule has 27 heavy (non-hydrogen) atoms. The summed E-state index contributed by atoms with van der Waals surface area (Å²) in [5.74, 6) is 0.896. The molecule has 1 saturated heterocycles. The third kappa shape index (κ3) is 5.01. The fourth-order valence-corrected chi connectivity index (χ4v) is 3.55. The minimum Gasteiger partial charge on any atom is -0.494 e. The van der Waals surface area contributed by atoms with Gasteiger partial charge in [-0.15, -0.1) is 0 Å². The zero-order valence-electron chi connectivity index (χ0n) is 15.9. The van der Waals surface area contributed by atoms with Gasteiger partial charge in [0.15, 0.2) is 0 Å². The molecule has 3 rings (SSSR count). The quantitative estimate of drug-likeness (QED) is 0.737. The van der Waals surface area contributed by atoms with Gasteiger partial charge in [-0.1, -0.05) is 24.3 Å². The average molecular weight is 368 g/mol. The molecular weight excluding hydrogens is 340 g/mol. The molecule has 5 heteroatoms. The topological polar surface area (TPSA) is 73.6 Å². The zero-order chi connectivity index (χ0) is 19.1. The third-order valence-corrected chi connectivity index (χ3v) is 5.20. The SMILES string of the molecule is CCOc1ccc(C2(CNC(=O)Cc3ccc(N)cc3)CCOCC2)cc1. The number of hydrogen-bond donors (Lipinski definition) is 2. The second-order valence-electron chi connectivity index (χ2n) is 7.05. The standard InChI is InChI=1S/C22H28N2O3/c1-2-27-20-9-5-18(6-10-20)22(11-13-26-14-12-22)16-24-21(25)15-17-3-7-19(23)8-4-17/h3-10H,2,11-16,23H2,1H3,(H,24,25). The van der Waals surface area contributed by atoms with Gasteiger partial charge >= 0.3 is 0 Å². The van der Waals surface area contributed by atoms with Crippen LogP contribution in [0, 0.1) is 0 Å². The van der Waals surface area contributed by atoms with Crippen LogP contribution in [0.1, 0.15) is 30.9 Å². The smallest absolute Gasteiger partial charge is 0.224 e. The molecule has 1 aliphatic rings. The Morgan fingerprint density at radius 1 is 1.11 bits per heavy atom. The molecule has 1 aliphatic heterocycles. The van der Waals surface area contributed by atoms with Crippen molar-refractivity contribution in [1.29, 1.82) is 0 Å². The first kappa shape index (κ1) is 19.2. The molecule has 0 bridgehead atoms. The molecule has 1 amide bonds. The Hall–Kier alpha value is -2.53. The maximum atomic E-state index is 12.5. The number of benzene rings is 2. The summed E-state index contributed by atoms with van der Waals surface area (Å²) in [6.45, 7) is 4.66. The van der Waals surface area contributed by atoms with Crippen LogP contribution in [0.2, 0.25) is 0 Å². The van der Waals surface area contributed by atoms with Crippen molar-refractivity contribution >= 4 is 11.6 Å². The highest BCUT2D eigenvalue weighted by Crippen LogP contribution is 2.35. The van der Waals surface area contributed by atoms with E-state index in [2.05, 4.69) is 17.4 Å². The average Bonchev–Trinajstić information content (AvgIpc) is 2.70. The van der Waals surface area contributed by atoms with E-state index in [1.54, 1.807) is 0 Å². The minimum absolute atomic E-state index is 0.0246. The van der Waals surface area contributed by atoms with Crippen LogP contribution in [0.15, 0.2) is 48.5 Å². The monoisotopic (exact) mass is 368 g/mol. The van der Waals surface area contributed by atoms with E-state index in [1.165, 1.54) is 5.56 Å². The van der Waals surface area contributed by atoms with Crippen LogP contribution in [0.5, 0.6) is 5.75 Å². The summed E-state index contributed by atoms with van der Waals surface area (Å²) in [6, 6.07) is 15.7. The van der Waals surface area contributed by atoms with Gasteiger partial charge < -0.3 is 20.5 Å². The lowest BCUT2D eigenvalue weighted by molar-refractivity contribution is -0.120. The first-order chi connectivity index (χ1) is 13.1. The lowest BCUT2D eigenvalue weighted by atomic mass is 9.74. The molecule has 5 nitrogen and oxygen atoms in total. The van der Waals surface area contributed by atoms with Gasteiger partial charge in [-0.25, -0.2) is 0 Å². The van der Waals surface area contributed by atoms with Crippen LogP contribution < -0.4 is 15.8 Å². The van der Waals surface area contributed by atoms with Crippen molar-refractivity contribution in [3.63, 3.8) is 0 Å². The number of hydrogen-bond acceptors (Lipinski definition) is 4. The molecule has 0 radical (unpaired) electrons. The van der Waals surface area contributed by atoms with Crippen molar-refractivity contribution in [3.8, 4) is 5.75 Å². The first-order valence-corrected chi connectivity index (χ1v) is 9.53. The molecule has 3 N–H and O–H groups in total. The summed E-state index contributed by atoms with van der Waals surface area (Å²) < 4.78 is 11.1. The fraction of sp³-hybridized carbons (Fsp3) is 0.409. The van der Waals surface area contributed by atoms with E-state index in [-0.39, 0.29) is 11.3 Å². The molecule has 0 unspecified atom stereocenters. The normalized spacial score (nSPS) is 15.9. The van der Waals surface area contributed by atoms with Gasteiger partial charge in [0.1, 0.15) is 5.75 Å². The number of nitrogens with two attached hydrogens (primary N) is 1. The minimum atomic E-state index is -0.0974. The van der Waals surface area contributed by atoms with Crippen molar-refractivity contribution in [1.82, 2.24) is 5.32 Å². The highest BCUT2D eigenvalue weighted by atomic mass is 16.5. The van der Waals surface area contributed by atoms with Crippen molar-refractivity contribution in [2.24, 2.45) is 0 Å². The maximum Gasteiger partial charge on any atom is 0.224 e. The van der Waals surface area contributed by atoms with E-state index >= 15 is 0 Å². The number of nitrogens with one attached hydrogen (secondary N) is 1. The van der Waals surface area contributed by atoms with Crippen molar-refractivity contribution in [2.75, 3.05) is 32.1 Å². The third-order valence-electron chi connectivity index (χ3n) is 5.20. The predicted octanol–water partition coefficient (Wildman–Crippen LogP) is 3.07. The molecule has 1 fully saturated rings. The molecule has 0 atom stereocenters. The molecule has 0 aliphatic carbocycles. The number of rotatable bonds is 7. The zero-order valence-corrected chi connectivity index (χ0v) is 15.9. The lowest BCUT2D eigenvalue weighted by Crippen LogP contribution is -2.45. The summed E-state index contributed by atoms with van der Waals surface area (Å²) in [4.78, 5) is 12.5. The Morgan fingerprint density at radius 2 is 1.78 bits per heavy atom. The van der Waals surface area contributed by atoms with Gasteiger partial charge in [-0.2, -0.15) is 0 Å². The van der Waals surface area contributed by atoms with Crippen molar-refractivity contribution < 1.29 is 14.3 Å². The van der Waals surface area contributed by atoms with Crippen molar-refractivity contribution in [3.05, 3.63) is 59.7 Å². The van der Waals surface area contributed by atoms with Crippen LogP contribution in [0.3, 0.4) is 0 Å². The summed E-state index contributed by atoms with van der Waals surface area (Å²) in [5, 5.41) is 3.14. The molecule has 144 valence electrons. The van der Waals surface area contributed by atoms with Gasteiger partial charge in [0.05, 0.1) is 13.0 Å². The Morgan fingerprint density at radius 3 is 2.41 bits per heavy atom. The number of amides is 1. The van der Waals surface area contributed by atoms with E-state index < -0.39 is 0 Å². The molecule has 2 aromatic rings. The first-order valence-electron chi connectivity index (χ1n) is 9.53. The number of carbonyl (C=O) groups is 1. The maximum absolute atomic E-state index is 12.5. The molecule has 0 aromatic heterocycles. The van der Waals surface area contributed by atoms with E-state index in [1.807, 2.05) is 43.3 Å². The van der Waals surface area contributed by atoms with E-state index in [4.69, 9.17) is 15.2 Å². The number of ether oxygens (including phenoxy) is 2. The summed E-state index contributed by atoms with van der Waals surface area (Å²) in [5.41, 5.74) is 8.50. The number of anilines is 1. The fourth-order valence-electron chi connectivity index (χ4n) is 3.55. The Bertz CT molecular complexity index is 735. The van der Waals surface area contributed by atoms with E-state index in [0.717, 1.165) is 24.2 Å². The molecule has 0 saturated carbocycles. The van der Waals surface area contributed by atoms with E-state index in [9.17, 15) is 4.79 Å². The summed E-state index contributed by atoms with van der Waals surface area (Å²) in [6.07, 6.45) is 2.14. The van der Waals surface area contributed by atoms with Crippen LogP contribution in [-0.2, 0) is 21.4 Å². The molecule has 0 spiro atoms. The van der Waals surface area contributed by atoms with Crippen LogP contribution in [0.25, 0.3) is 0 Å². The highest BCUT2D eigenvalue weighted by Gasteiger charge is 2.34. The van der Waals surface area contributed by atoms with Gasteiger partial charge in [0.2, 0.25) is 5.91 Å². The molecule has 1 heterocycles. The number of nitrogen functional groups attached to an aromatic ring is 1. The van der Waals surface area contributed by atoms with Crippen LogP contribution in [-0.4, -0.2) is 32.3 Å². The van der Waals surface area contributed by atoms with Gasteiger partial charge in [-0.3, -0.25) is 4.79 Å². The Balaban J connectivity index is 1.67. The largest absolute Gasteiger partial charge is 0.494 e. The van der Waals surface area contributed by atoms with Crippen molar-refractivity contribution in [2.45, 2.75) is 31.6 Å². The lowest BCUT2D eigenvalue weighted by Gasteiger charge is -2.38. The Kier molecular flexibility index (Phi) is 6.35. The second kappa shape index (κ2) is 8.91. The van der Waals surface area contributed by atoms with Gasteiger partial charge in [-0.05, 0) is 55.2 Å². The second-order valence-corrected chi connectivity index (χ2v) is 7.05. The summed E-state index contributed by atoms with van der Waals surface area (Å²) in [7, 11) is 0. The summed E-state index contributed by atoms with van der Waals surface area (Å²) >= 11 is 0. The number of carbonyl (C=O) groups excluding carboxylic acids is 1. The van der Waals surface area contributed by atoms with Gasteiger partial charge in [0.25, 0.3) is 0 Å². The Labute approximate surface area is 160 Å². The van der Waals surface area contributed by atoms with Crippen LogP contribution in [0.4, 0.5) is 5.69 Å². The highest BCUT2D eigenvalue weighted by molar-refractivity contribution is 5.78. The van der Waals surface area contributed by atoms with E-state index in [0.29, 0.717) is 38.5 Å².